The van der Waals surface area contributed by atoms with Gasteiger partial charge in [-0.15, -0.1) is 0 Å². The number of sulfonamides is 1. The van der Waals surface area contributed by atoms with Crippen molar-refractivity contribution in [3.8, 4) is 0 Å². The molecule has 0 heterocycles. The molecule has 0 saturated heterocycles. The first-order valence-corrected chi connectivity index (χ1v) is 12.0. The number of rotatable bonds is 6. The second-order valence-corrected chi connectivity index (χ2v) is 9.72. The van der Waals surface area contributed by atoms with Crippen LogP contribution in [0.15, 0.2) is 70.7 Å². The van der Waals surface area contributed by atoms with E-state index in [2.05, 4.69) is 21.3 Å². The van der Waals surface area contributed by atoms with Crippen LogP contribution in [-0.4, -0.2) is 19.1 Å². The van der Waals surface area contributed by atoms with E-state index in [1.807, 2.05) is 31.2 Å². The van der Waals surface area contributed by atoms with Gasteiger partial charge in [-0.25, -0.2) is 8.42 Å². The average Bonchev–Trinajstić information content (AvgIpc) is 2.79. The molecular formula is C24H24N4O4S. The summed E-state index contributed by atoms with van der Waals surface area (Å²) in [6, 6.07) is 17.0. The van der Waals surface area contributed by atoms with E-state index < -0.39 is 14.9 Å². The normalized spacial score (nSPS) is 14.5. The fraction of sp³-hybridized carbons (Fsp3) is 0.208. The number of nitro benzene ring substituents is 1. The van der Waals surface area contributed by atoms with Crippen LogP contribution < -0.4 is 10.1 Å². The van der Waals surface area contributed by atoms with E-state index in [4.69, 9.17) is 0 Å². The van der Waals surface area contributed by atoms with Crippen molar-refractivity contribution in [2.45, 2.75) is 38.0 Å². The Bertz CT molecular complexity index is 1370. The number of hydrogen-bond acceptors (Lipinski definition) is 6. The number of fused-ring (bicyclic) bond motifs is 1. The summed E-state index contributed by atoms with van der Waals surface area (Å²) in [5.41, 5.74) is 7.76. The van der Waals surface area contributed by atoms with Crippen molar-refractivity contribution in [1.82, 2.24) is 0 Å². The lowest BCUT2D eigenvalue weighted by Gasteiger charge is -2.17. The number of nitro groups is 1. The smallest absolute Gasteiger partial charge is 0.279 e. The van der Waals surface area contributed by atoms with Gasteiger partial charge >= 0.3 is 0 Å². The van der Waals surface area contributed by atoms with Crippen molar-refractivity contribution in [3.05, 3.63) is 93.0 Å². The molecule has 1 aliphatic carbocycles. The summed E-state index contributed by atoms with van der Waals surface area (Å²) in [7, 11) is -4.01. The quantitative estimate of drug-likeness (QED) is 0.386. The molecule has 0 aliphatic heterocycles. The van der Waals surface area contributed by atoms with E-state index in [-0.39, 0.29) is 16.3 Å². The molecule has 0 spiro atoms. The van der Waals surface area contributed by atoms with Gasteiger partial charge < -0.3 is 0 Å². The van der Waals surface area contributed by atoms with Crippen LogP contribution in [-0.2, 0) is 16.4 Å². The molecule has 1 aliphatic rings. The Morgan fingerprint density at radius 3 is 2.48 bits per heavy atom. The molecule has 0 fully saturated rings. The van der Waals surface area contributed by atoms with Gasteiger partial charge in [-0.2, -0.15) is 5.10 Å². The predicted octanol–water partition coefficient (Wildman–Crippen LogP) is 5.16. The Labute approximate surface area is 192 Å². The Balaban J connectivity index is 1.63. The van der Waals surface area contributed by atoms with Crippen molar-refractivity contribution in [2.75, 3.05) is 10.1 Å². The Hall–Kier alpha value is -3.72. The fourth-order valence-electron chi connectivity index (χ4n) is 3.90. The van der Waals surface area contributed by atoms with Crippen LogP contribution in [0.2, 0.25) is 0 Å². The van der Waals surface area contributed by atoms with Gasteiger partial charge in [-0.1, -0.05) is 42.0 Å². The molecule has 0 radical (unpaired) electrons. The molecule has 33 heavy (non-hydrogen) atoms. The molecule has 0 atom stereocenters. The molecule has 0 saturated carbocycles. The van der Waals surface area contributed by atoms with E-state index in [0.29, 0.717) is 5.69 Å². The second kappa shape index (κ2) is 9.03. The van der Waals surface area contributed by atoms with Crippen molar-refractivity contribution in [1.29, 1.82) is 0 Å². The standard InChI is InChI=1S/C24H24N4O4S/c1-16-10-12-21(17(2)14-16)27-33(31,32)19-11-13-23(24(15-19)28(29)30)26-25-22-9-5-7-18-6-3-4-8-20(18)22/h3-4,6,8,10-15,26-27H,5,7,9H2,1-2H3. The van der Waals surface area contributed by atoms with Gasteiger partial charge in [0, 0.05) is 11.6 Å². The predicted molar refractivity (Wildman–Crippen MR) is 129 cm³/mol. The summed E-state index contributed by atoms with van der Waals surface area (Å²) in [6.07, 6.45) is 2.67. The molecule has 0 bridgehead atoms. The third-order valence-electron chi connectivity index (χ3n) is 5.60. The number of nitrogens with one attached hydrogen (secondary N) is 2. The van der Waals surface area contributed by atoms with Crippen molar-refractivity contribution in [2.24, 2.45) is 5.10 Å². The highest BCUT2D eigenvalue weighted by atomic mass is 32.2. The number of hydrazone groups is 1. The summed E-state index contributed by atoms with van der Waals surface area (Å²) < 4.78 is 28.3. The Morgan fingerprint density at radius 2 is 1.73 bits per heavy atom. The van der Waals surface area contributed by atoms with Crippen molar-refractivity contribution < 1.29 is 13.3 Å². The zero-order chi connectivity index (χ0) is 23.6. The summed E-state index contributed by atoms with van der Waals surface area (Å²) >= 11 is 0. The highest BCUT2D eigenvalue weighted by Crippen LogP contribution is 2.30. The van der Waals surface area contributed by atoms with Crippen molar-refractivity contribution in [3.63, 3.8) is 0 Å². The van der Waals surface area contributed by atoms with Crippen LogP contribution in [0, 0.1) is 24.0 Å². The molecule has 0 amide bonds. The largest absolute Gasteiger partial charge is 0.295 e. The highest BCUT2D eigenvalue weighted by molar-refractivity contribution is 7.92. The first-order valence-electron chi connectivity index (χ1n) is 10.5. The van der Waals surface area contributed by atoms with Crippen molar-refractivity contribution >= 4 is 32.8 Å². The molecule has 0 unspecified atom stereocenters. The molecule has 170 valence electrons. The molecule has 4 rings (SSSR count). The number of benzene rings is 3. The topological polar surface area (TPSA) is 114 Å². The second-order valence-electron chi connectivity index (χ2n) is 8.04. The maximum Gasteiger partial charge on any atom is 0.295 e. The van der Waals surface area contributed by atoms with E-state index in [1.54, 1.807) is 19.1 Å². The summed E-state index contributed by atoms with van der Waals surface area (Å²) in [6.45, 7) is 3.71. The monoisotopic (exact) mass is 464 g/mol. The lowest BCUT2D eigenvalue weighted by atomic mass is 9.90. The fourth-order valence-corrected chi connectivity index (χ4v) is 5.05. The van der Waals surface area contributed by atoms with Gasteiger partial charge in [0.1, 0.15) is 5.69 Å². The van der Waals surface area contributed by atoms with Crippen LogP contribution >= 0.6 is 0 Å². The van der Waals surface area contributed by atoms with Gasteiger partial charge in [0.05, 0.1) is 21.2 Å². The Kier molecular flexibility index (Phi) is 6.15. The van der Waals surface area contributed by atoms with Gasteiger partial charge in [-0.3, -0.25) is 20.3 Å². The van der Waals surface area contributed by atoms with Gasteiger partial charge in [0.2, 0.25) is 0 Å². The maximum absolute atomic E-state index is 12.9. The lowest BCUT2D eigenvalue weighted by molar-refractivity contribution is -0.384. The van der Waals surface area contributed by atoms with Crippen LogP contribution in [0.25, 0.3) is 0 Å². The molecule has 0 aromatic heterocycles. The number of nitrogens with zero attached hydrogens (tertiary/aromatic N) is 2. The average molecular weight is 465 g/mol. The zero-order valence-corrected chi connectivity index (χ0v) is 19.1. The zero-order valence-electron chi connectivity index (χ0n) is 18.3. The molecule has 8 nitrogen and oxygen atoms in total. The minimum absolute atomic E-state index is 0.126. The third kappa shape index (κ3) is 4.88. The molecule has 3 aromatic carbocycles. The summed E-state index contributed by atoms with van der Waals surface area (Å²) in [5.74, 6) is 0. The molecule has 3 aromatic rings. The van der Waals surface area contributed by atoms with Gasteiger partial charge in [0.15, 0.2) is 0 Å². The molecular weight excluding hydrogens is 440 g/mol. The summed E-state index contributed by atoms with van der Waals surface area (Å²) in [4.78, 5) is 10.9. The first-order chi connectivity index (χ1) is 15.7. The number of hydrogen-bond donors (Lipinski definition) is 2. The Morgan fingerprint density at radius 1 is 0.970 bits per heavy atom. The van der Waals surface area contributed by atoms with E-state index >= 15 is 0 Å². The van der Waals surface area contributed by atoms with Gasteiger partial charge in [0.25, 0.3) is 15.7 Å². The van der Waals surface area contributed by atoms with Crippen LogP contribution in [0.3, 0.4) is 0 Å². The lowest BCUT2D eigenvalue weighted by Crippen LogP contribution is -2.15. The van der Waals surface area contributed by atoms with Crippen LogP contribution in [0.1, 0.15) is 35.1 Å². The molecule has 2 N–H and O–H groups in total. The van der Waals surface area contributed by atoms with Crippen LogP contribution in [0.4, 0.5) is 17.1 Å². The number of anilines is 2. The van der Waals surface area contributed by atoms with E-state index in [9.17, 15) is 18.5 Å². The van der Waals surface area contributed by atoms with Crippen LogP contribution in [0.5, 0.6) is 0 Å². The minimum Gasteiger partial charge on any atom is -0.279 e. The highest BCUT2D eigenvalue weighted by Gasteiger charge is 2.23. The minimum atomic E-state index is -4.01. The SMILES string of the molecule is Cc1ccc(NS(=O)(=O)c2ccc(NN=C3CCCc4ccccc43)c([N+](=O)[O-])c2)c(C)c1. The summed E-state index contributed by atoms with van der Waals surface area (Å²) in [5, 5.41) is 16.1. The maximum atomic E-state index is 12.9. The molecule has 9 heteroatoms. The van der Waals surface area contributed by atoms with E-state index in [0.717, 1.165) is 47.7 Å². The van der Waals surface area contributed by atoms with Gasteiger partial charge in [-0.05, 0) is 62.4 Å². The third-order valence-corrected chi connectivity index (χ3v) is 6.96. The first kappa shape index (κ1) is 22.5. The number of aryl methyl sites for hydroxylation is 3. The van der Waals surface area contributed by atoms with E-state index in [1.165, 1.54) is 17.7 Å².